The van der Waals surface area contributed by atoms with Gasteiger partial charge >= 0.3 is 6.03 Å². The van der Waals surface area contributed by atoms with Gasteiger partial charge in [-0.15, -0.1) is 0 Å². The van der Waals surface area contributed by atoms with Crippen molar-refractivity contribution in [2.45, 2.75) is 127 Å². The minimum absolute atomic E-state index is 0.0193. The second-order valence-corrected chi connectivity index (χ2v) is 22.5. The van der Waals surface area contributed by atoms with Crippen LogP contribution in [0.5, 0.6) is 0 Å². The number of nitrogens with zero attached hydrogens (tertiary/aromatic N) is 5. The fraction of sp³-hybridized carbons (Fsp3) is 0.544. The number of halogens is 1. The minimum atomic E-state index is -0.680. The van der Waals surface area contributed by atoms with E-state index in [2.05, 4.69) is 65.2 Å². The van der Waals surface area contributed by atoms with Crippen molar-refractivity contribution in [3.05, 3.63) is 100 Å². The molecule has 1 aromatic heterocycles. The Labute approximate surface area is 450 Å². The summed E-state index contributed by atoms with van der Waals surface area (Å²) in [5.74, 6) is 8.03. The van der Waals surface area contributed by atoms with E-state index in [9.17, 15) is 28.4 Å². The van der Waals surface area contributed by atoms with E-state index in [4.69, 9.17) is 14.7 Å². The Morgan fingerprint density at radius 3 is 2.25 bits per heavy atom. The maximum atomic E-state index is 13.9. The molecule has 5 heterocycles. The number of hydrogen-bond acceptors (Lipinski definition) is 13. The SMILES string of the molecule is CC(C)(CCNC(=O)CCCCC1SCC2NC(=O)NC21)OCCC(C)(C)OCC(=O)NCC#Cc1cc(C(=C=O)N2CCN(Cc3ccc(F)cc3)CC2)cnc1C(=O)NC1CCN(Cc2ccc(C#N)cc2)CC1. The highest BCUT2D eigenvalue weighted by atomic mass is 32.2. The third-order valence-electron chi connectivity index (χ3n) is 14.4. The number of hydrogen-bond donors (Lipinski definition) is 5. The zero-order chi connectivity index (χ0) is 54.1. The highest BCUT2D eigenvalue weighted by molar-refractivity contribution is 8.00. The van der Waals surface area contributed by atoms with Crippen LogP contribution in [0.25, 0.3) is 5.70 Å². The molecule has 19 heteroatoms. The van der Waals surface area contributed by atoms with Crippen LogP contribution in [-0.4, -0.2) is 155 Å². The van der Waals surface area contributed by atoms with Crippen molar-refractivity contribution in [3.63, 3.8) is 0 Å². The van der Waals surface area contributed by atoms with Gasteiger partial charge in [0, 0.05) is 94.1 Å². The predicted octanol–water partition coefficient (Wildman–Crippen LogP) is 5.16. The summed E-state index contributed by atoms with van der Waals surface area (Å²) in [5.41, 5.74) is 2.74. The Kier molecular flexibility index (Phi) is 20.9. The van der Waals surface area contributed by atoms with E-state index in [-0.39, 0.29) is 66.5 Å². The number of unbranched alkanes of at least 4 members (excludes halogenated alkanes) is 1. The van der Waals surface area contributed by atoms with Crippen LogP contribution in [0.2, 0.25) is 0 Å². The monoisotopic (exact) mass is 1060 g/mol. The summed E-state index contributed by atoms with van der Waals surface area (Å²) in [6.07, 6.45) is 7.27. The number of urea groups is 1. The molecule has 76 heavy (non-hydrogen) atoms. The van der Waals surface area contributed by atoms with Gasteiger partial charge in [-0.25, -0.2) is 19.0 Å². The zero-order valence-corrected chi connectivity index (χ0v) is 45.1. The van der Waals surface area contributed by atoms with Gasteiger partial charge < -0.3 is 41.0 Å². The third kappa shape index (κ3) is 17.6. The molecule has 4 aliphatic rings. The topological polar surface area (TPSA) is 210 Å². The number of ether oxygens (including phenoxy) is 2. The first-order chi connectivity index (χ1) is 36.5. The Morgan fingerprint density at radius 2 is 1.55 bits per heavy atom. The zero-order valence-electron chi connectivity index (χ0n) is 44.3. The van der Waals surface area contributed by atoms with Gasteiger partial charge in [-0.3, -0.25) is 24.2 Å². The summed E-state index contributed by atoms with van der Waals surface area (Å²) in [6, 6.07) is 18.0. The van der Waals surface area contributed by atoms with E-state index in [0.717, 1.165) is 68.6 Å². The van der Waals surface area contributed by atoms with E-state index in [0.29, 0.717) is 92.8 Å². The number of carbonyl (C=O) groups excluding carboxylic acids is 5. The molecule has 0 saturated carbocycles. The van der Waals surface area contributed by atoms with Gasteiger partial charge in [-0.1, -0.05) is 42.5 Å². The molecule has 0 radical (unpaired) electrons. The molecule has 4 fully saturated rings. The van der Waals surface area contributed by atoms with Crippen molar-refractivity contribution in [2.75, 3.05) is 71.3 Å². The van der Waals surface area contributed by atoms with E-state index in [1.54, 1.807) is 18.2 Å². The number of piperidine rings is 1. The van der Waals surface area contributed by atoms with Gasteiger partial charge in [-0.2, -0.15) is 17.0 Å². The average molecular weight is 1060 g/mol. The van der Waals surface area contributed by atoms with Gasteiger partial charge in [0.05, 0.1) is 53.6 Å². The Balaban J connectivity index is 0.859. The molecule has 3 aromatic rings. The van der Waals surface area contributed by atoms with Crippen LogP contribution in [0.4, 0.5) is 9.18 Å². The molecule has 4 aliphatic heterocycles. The first kappa shape index (κ1) is 57.4. The number of likely N-dealkylation sites (tertiary alicyclic amines) is 1. The summed E-state index contributed by atoms with van der Waals surface area (Å²) < 4.78 is 25.7. The van der Waals surface area contributed by atoms with Crippen molar-refractivity contribution in [1.29, 1.82) is 5.26 Å². The summed E-state index contributed by atoms with van der Waals surface area (Å²) in [4.78, 5) is 74.8. The standard InChI is InChI=1S/C57H73FN10O7S/c1-56(2,21-24-61-50(70)10-6-5-9-49-53-47(39-76-49)64-55(73)65-53)74-31-22-57(3,4)75-38-51(71)60-23-7-8-43-32-44(48(37-69)68-29-27-67(28-30-68)36-42-15-17-45(58)18-16-42)34-62-52(43)54(72)63-46-19-25-66(26-20-46)35-41-13-11-40(33-59)12-14-41/h11-18,32,34,46-47,49,53H,5-6,9-10,19-31,35-36,38-39H2,1-4H3,(H,60,71)(H,61,70)(H,63,72)(H2,64,65,73). The molecule has 7 rings (SSSR count). The Hall–Kier alpha value is -6.31. The van der Waals surface area contributed by atoms with Crippen molar-refractivity contribution >= 4 is 47.2 Å². The first-order valence-corrected chi connectivity index (χ1v) is 27.6. The molecule has 406 valence electrons. The maximum Gasteiger partial charge on any atom is 0.315 e. The number of rotatable bonds is 24. The largest absolute Gasteiger partial charge is 0.375 e. The first-order valence-electron chi connectivity index (χ1n) is 26.5. The molecular formula is C57H73FN10O7S. The van der Waals surface area contributed by atoms with E-state index in [1.807, 2.05) is 68.6 Å². The Bertz CT molecular complexity index is 2630. The van der Waals surface area contributed by atoms with Crippen LogP contribution < -0.4 is 26.6 Å². The number of pyridine rings is 1. The third-order valence-corrected chi connectivity index (χ3v) is 15.9. The van der Waals surface area contributed by atoms with Gasteiger partial charge in [0.2, 0.25) is 11.8 Å². The van der Waals surface area contributed by atoms with Crippen LogP contribution in [-0.2, 0) is 36.9 Å². The molecule has 3 atom stereocenters. The summed E-state index contributed by atoms with van der Waals surface area (Å²) >= 11 is 1.88. The van der Waals surface area contributed by atoms with E-state index >= 15 is 0 Å². The van der Waals surface area contributed by atoms with Crippen molar-refractivity contribution in [2.24, 2.45) is 0 Å². The lowest BCUT2D eigenvalue weighted by molar-refractivity contribution is -0.133. The lowest BCUT2D eigenvalue weighted by Gasteiger charge is -2.36. The lowest BCUT2D eigenvalue weighted by Crippen LogP contribution is -2.45. The molecule has 0 bridgehead atoms. The molecular weight excluding hydrogens is 988 g/mol. The van der Waals surface area contributed by atoms with Crippen molar-refractivity contribution in [3.8, 4) is 17.9 Å². The van der Waals surface area contributed by atoms with Gasteiger partial charge in [-0.05, 0) is 108 Å². The average Bonchev–Trinajstić information content (AvgIpc) is 3.97. The highest BCUT2D eigenvalue weighted by Gasteiger charge is 2.42. The number of thioether (sulfide) groups is 1. The molecule has 17 nitrogen and oxygen atoms in total. The number of amides is 5. The van der Waals surface area contributed by atoms with Gasteiger partial charge in [0.25, 0.3) is 5.91 Å². The fourth-order valence-electron chi connectivity index (χ4n) is 9.76. The smallest absolute Gasteiger partial charge is 0.315 e. The number of nitriles is 1. The summed E-state index contributed by atoms with van der Waals surface area (Å²) in [6.45, 7) is 13.7. The van der Waals surface area contributed by atoms with E-state index < -0.39 is 11.2 Å². The second-order valence-electron chi connectivity index (χ2n) is 21.2. The van der Waals surface area contributed by atoms with Crippen molar-refractivity contribution < 1.29 is 37.8 Å². The predicted molar refractivity (Wildman–Crippen MR) is 290 cm³/mol. The number of benzene rings is 2. The van der Waals surface area contributed by atoms with Crippen LogP contribution in [0.1, 0.15) is 117 Å². The van der Waals surface area contributed by atoms with Crippen LogP contribution in [0.3, 0.4) is 0 Å². The molecule has 2 aromatic carbocycles. The van der Waals surface area contributed by atoms with Gasteiger partial charge in [0.15, 0.2) is 5.94 Å². The quantitative estimate of drug-likeness (QED) is 0.0341. The minimum Gasteiger partial charge on any atom is -0.375 e. The van der Waals surface area contributed by atoms with Gasteiger partial charge in [0.1, 0.15) is 23.8 Å². The summed E-state index contributed by atoms with van der Waals surface area (Å²) in [5, 5.41) is 24.5. The normalized spacial score (nSPS) is 19.0. The number of aromatic nitrogens is 1. The molecule has 0 spiro atoms. The molecule has 5 amide bonds. The number of nitrogens with one attached hydrogen (secondary N) is 5. The fourth-order valence-corrected chi connectivity index (χ4v) is 11.3. The van der Waals surface area contributed by atoms with Crippen LogP contribution in [0.15, 0.2) is 60.8 Å². The molecule has 4 saturated heterocycles. The number of carbonyl (C=O) groups is 4. The molecule has 0 aliphatic carbocycles. The maximum absolute atomic E-state index is 13.9. The van der Waals surface area contributed by atoms with E-state index in [1.165, 1.54) is 18.3 Å². The van der Waals surface area contributed by atoms with Crippen molar-refractivity contribution in [1.82, 2.24) is 46.3 Å². The summed E-state index contributed by atoms with van der Waals surface area (Å²) in [7, 11) is 0. The highest BCUT2D eigenvalue weighted by Crippen LogP contribution is 2.33. The van der Waals surface area contributed by atoms with Crippen LogP contribution in [0, 0.1) is 29.0 Å². The lowest BCUT2D eigenvalue weighted by atomic mass is 10.0. The number of fused-ring (bicyclic) bond motifs is 1. The van der Waals surface area contributed by atoms with Crippen LogP contribution >= 0.6 is 11.8 Å². The molecule has 3 unspecified atom stereocenters. The second kappa shape index (κ2) is 27.6. The Morgan fingerprint density at radius 1 is 0.868 bits per heavy atom. The number of piperazine rings is 1. The molecule has 5 N–H and O–H groups in total.